The van der Waals surface area contributed by atoms with Crippen molar-refractivity contribution < 1.29 is 28.3 Å². The Kier molecular flexibility index (Phi) is 5.90. The highest BCUT2D eigenvalue weighted by Gasteiger charge is 2.35. The minimum absolute atomic E-state index is 0.0165. The number of carbonyl (C=O) groups is 3. The first-order valence-electron chi connectivity index (χ1n) is 7.69. The number of carbonyl (C=O) groups excluding carboxylic acids is 3. The maximum absolute atomic E-state index is 12.6. The van der Waals surface area contributed by atoms with Crippen LogP contribution in [0.25, 0.3) is 6.08 Å². The Morgan fingerprint density at radius 1 is 1.26 bits per heavy atom. The van der Waals surface area contributed by atoms with Gasteiger partial charge in [0.15, 0.2) is 0 Å². The van der Waals surface area contributed by atoms with Gasteiger partial charge < -0.3 is 13.9 Å². The molecule has 27 heavy (non-hydrogen) atoms. The summed E-state index contributed by atoms with van der Waals surface area (Å²) in [7, 11) is 2.83. The highest BCUT2D eigenvalue weighted by atomic mass is 127. The Morgan fingerprint density at radius 3 is 2.70 bits per heavy atom. The summed E-state index contributed by atoms with van der Waals surface area (Å²) < 4.78 is 16.0. The molecule has 0 unspecified atom stereocenters. The van der Waals surface area contributed by atoms with Gasteiger partial charge in [0.25, 0.3) is 11.1 Å². The zero-order valence-electron chi connectivity index (χ0n) is 14.4. The molecule has 2 aromatic rings. The molecule has 3 rings (SSSR count). The van der Waals surface area contributed by atoms with Crippen LogP contribution in [0.5, 0.6) is 5.75 Å². The van der Waals surface area contributed by atoms with Gasteiger partial charge in [0.1, 0.15) is 11.5 Å². The lowest BCUT2D eigenvalue weighted by Gasteiger charge is -2.10. The van der Waals surface area contributed by atoms with Crippen molar-refractivity contribution in [2.24, 2.45) is 0 Å². The quantitative estimate of drug-likeness (QED) is 0.350. The third-order valence-electron chi connectivity index (χ3n) is 3.71. The van der Waals surface area contributed by atoms with Crippen LogP contribution in [0.1, 0.15) is 21.9 Å². The van der Waals surface area contributed by atoms with E-state index < -0.39 is 17.1 Å². The molecule has 140 valence electrons. The number of hydrogen-bond donors (Lipinski definition) is 0. The summed E-state index contributed by atoms with van der Waals surface area (Å²) in [5.41, 5.74) is 0.789. The minimum Gasteiger partial charge on any atom is -0.496 e. The molecule has 7 nitrogen and oxygen atoms in total. The second kappa shape index (κ2) is 8.17. The molecule has 1 aromatic heterocycles. The fraction of sp³-hybridized carbons (Fsp3) is 0.167. The average Bonchev–Trinajstić information content (AvgIpc) is 3.22. The van der Waals surface area contributed by atoms with Crippen LogP contribution in [0.4, 0.5) is 4.79 Å². The minimum atomic E-state index is -0.621. The van der Waals surface area contributed by atoms with E-state index in [4.69, 9.17) is 9.15 Å². The van der Waals surface area contributed by atoms with E-state index in [-0.39, 0.29) is 12.3 Å². The van der Waals surface area contributed by atoms with Gasteiger partial charge in [0.2, 0.25) is 5.76 Å². The molecule has 1 aliphatic heterocycles. The summed E-state index contributed by atoms with van der Waals surface area (Å²) in [5.74, 6) is 0.0390. The van der Waals surface area contributed by atoms with E-state index in [1.807, 2.05) is 12.1 Å². The van der Waals surface area contributed by atoms with Crippen LogP contribution >= 0.6 is 34.4 Å². The molecule has 1 aromatic carbocycles. The van der Waals surface area contributed by atoms with Crippen molar-refractivity contribution in [1.82, 2.24) is 4.90 Å². The predicted octanol–water partition coefficient (Wildman–Crippen LogP) is 3.92. The summed E-state index contributed by atoms with van der Waals surface area (Å²) >= 11 is 3.00. The van der Waals surface area contributed by atoms with E-state index in [2.05, 4.69) is 27.3 Å². The molecule has 1 fully saturated rings. The van der Waals surface area contributed by atoms with Gasteiger partial charge in [-0.05, 0) is 70.3 Å². The number of hydrogen-bond acceptors (Lipinski definition) is 7. The number of thioether (sulfide) groups is 1. The molecule has 0 spiro atoms. The first-order chi connectivity index (χ1) is 12.9. The van der Waals surface area contributed by atoms with Crippen molar-refractivity contribution in [3.63, 3.8) is 0 Å². The zero-order valence-corrected chi connectivity index (χ0v) is 17.3. The summed E-state index contributed by atoms with van der Waals surface area (Å²) in [6, 6.07) is 8.45. The van der Waals surface area contributed by atoms with E-state index >= 15 is 0 Å². The maximum atomic E-state index is 12.6. The molecule has 1 aliphatic rings. The van der Waals surface area contributed by atoms with Crippen molar-refractivity contribution >= 4 is 57.5 Å². The smallest absolute Gasteiger partial charge is 0.373 e. The predicted molar refractivity (Wildman–Crippen MR) is 107 cm³/mol. The number of amides is 2. The molecule has 0 N–H and O–H groups in total. The standard InChI is InChI=1S/C18H14INO6S/c1-24-13-5-3-10(7-12(13)19)8-15-16(21)20(18(23)27-15)9-11-4-6-14(26-11)17(22)25-2/h3-8H,9H2,1-2H3/b15-8+. The molecular formula is C18H14INO6S. The van der Waals surface area contributed by atoms with Crippen molar-refractivity contribution in [3.8, 4) is 5.75 Å². The van der Waals surface area contributed by atoms with Gasteiger partial charge in [-0.2, -0.15) is 0 Å². The first-order valence-corrected chi connectivity index (χ1v) is 9.58. The fourth-order valence-corrected chi connectivity index (χ4v) is 3.99. The number of esters is 1. The second-order valence-electron chi connectivity index (χ2n) is 5.42. The largest absolute Gasteiger partial charge is 0.496 e. The van der Waals surface area contributed by atoms with Gasteiger partial charge >= 0.3 is 5.97 Å². The maximum Gasteiger partial charge on any atom is 0.373 e. The number of rotatable bonds is 5. The number of methoxy groups -OCH3 is 2. The Labute approximate surface area is 172 Å². The number of ether oxygens (including phenoxy) is 2. The second-order valence-corrected chi connectivity index (χ2v) is 7.57. The Balaban J connectivity index is 1.77. The van der Waals surface area contributed by atoms with Gasteiger partial charge in [-0.3, -0.25) is 14.5 Å². The van der Waals surface area contributed by atoms with Gasteiger partial charge in [-0.1, -0.05) is 6.07 Å². The SMILES string of the molecule is COC(=O)c1ccc(CN2C(=O)S/C(=C/c3ccc(OC)c(I)c3)C2=O)o1. The summed E-state index contributed by atoms with van der Waals surface area (Å²) in [6.07, 6.45) is 1.66. The van der Waals surface area contributed by atoms with Crippen molar-refractivity contribution in [3.05, 3.63) is 55.9 Å². The molecule has 0 bridgehead atoms. The van der Waals surface area contributed by atoms with Crippen LogP contribution in [0, 0.1) is 3.57 Å². The van der Waals surface area contributed by atoms with E-state index in [0.29, 0.717) is 10.7 Å². The molecule has 0 radical (unpaired) electrons. The van der Waals surface area contributed by atoms with Crippen LogP contribution in [-0.4, -0.2) is 36.2 Å². The Bertz CT molecular complexity index is 951. The van der Waals surface area contributed by atoms with Crippen molar-refractivity contribution in [1.29, 1.82) is 0 Å². The Hall–Kier alpha value is -2.27. The molecule has 0 atom stereocenters. The van der Waals surface area contributed by atoms with Gasteiger partial charge in [0.05, 0.1) is 29.2 Å². The van der Waals surface area contributed by atoms with E-state index in [9.17, 15) is 14.4 Å². The highest BCUT2D eigenvalue weighted by Crippen LogP contribution is 2.34. The lowest BCUT2D eigenvalue weighted by molar-refractivity contribution is -0.123. The number of halogens is 1. The number of imide groups is 1. The highest BCUT2D eigenvalue weighted by molar-refractivity contribution is 14.1. The molecule has 0 aliphatic carbocycles. The topological polar surface area (TPSA) is 86.0 Å². The van der Waals surface area contributed by atoms with Crippen LogP contribution in [0.15, 0.2) is 39.7 Å². The van der Waals surface area contributed by atoms with Crippen LogP contribution in [-0.2, 0) is 16.1 Å². The average molecular weight is 499 g/mol. The lowest BCUT2D eigenvalue weighted by atomic mass is 10.2. The molecule has 0 saturated carbocycles. The molecule has 9 heteroatoms. The lowest BCUT2D eigenvalue weighted by Crippen LogP contribution is -2.27. The van der Waals surface area contributed by atoms with Crippen LogP contribution in [0.2, 0.25) is 0 Å². The number of benzene rings is 1. The molecule has 2 heterocycles. The summed E-state index contributed by atoms with van der Waals surface area (Å²) in [5, 5.41) is -0.398. The molecule has 2 amide bonds. The fourth-order valence-electron chi connectivity index (χ4n) is 2.39. The summed E-state index contributed by atoms with van der Waals surface area (Å²) in [6.45, 7) is -0.0564. The normalized spacial score (nSPS) is 15.5. The van der Waals surface area contributed by atoms with Crippen molar-refractivity contribution in [2.45, 2.75) is 6.54 Å². The first kappa shape index (κ1) is 19.5. The molecule has 1 saturated heterocycles. The third-order valence-corrected chi connectivity index (χ3v) is 5.46. The Morgan fingerprint density at radius 2 is 2.04 bits per heavy atom. The van der Waals surface area contributed by atoms with E-state index in [1.54, 1.807) is 19.3 Å². The monoisotopic (exact) mass is 499 g/mol. The zero-order chi connectivity index (χ0) is 19.6. The summed E-state index contributed by atoms with van der Waals surface area (Å²) in [4.78, 5) is 37.6. The van der Waals surface area contributed by atoms with Crippen molar-refractivity contribution in [2.75, 3.05) is 14.2 Å². The van der Waals surface area contributed by atoms with Crippen LogP contribution < -0.4 is 4.74 Å². The molecular weight excluding hydrogens is 485 g/mol. The van der Waals surface area contributed by atoms with Crippen LogP contribution in [0.3, 0.4) is 0 Å². The third kappa shape index (κ3) is 4.19. The van der Waals surface area contributed by atoms with Gasteiger partial charge in [0, 0.05) is 0 Å². The van der Waals surface area contributed by atoms with Gasteiger partial charge in [-0.25, -0.2) is 4.79 Å². The van der Waals surface area contributed by atoms with Gasteiger partial charge in [-0.15, -0.1) is 0 Å². The number of nitrogens with zero attached hydrogens (tertiary/aromatic N) is 1. The van der Waals surface area contributed by atoms with E-state index in [1.165, 1.54) is 19.2 Å². The number of furan rings is 1. The van der Waals surface area contributed by atoms with E-state index in [0.717, 1.165) is 31.5 Å².